The summed E-state index contributed by atoms with van der Waals surface area (Å²) in [5, 5.41) is 10.2. The van der Waals surface area contributed by atoms with E-state index in [1.165, 1.54) is 24.1 Å². The van der Waals surface area contributed by atoms with Gasteiger partial charge in [-0.1, -0.05) is 78.8 Å². The molecule has 2 amide bonds. The van der Waals surface area contributed by atoms with Crippen LogP contribution < -0.4 is 5.32 Å². The molecule has 4 nitrogen and oxygen atoms in total. The molecule has 1 N–H and O–H groups in total. The Kier molecular flexibility index (Phi) is 4.31. The fourth-order valence-electron chi connectivity index (χ4n) is 7.45. The van der Waals surface area contributed by atoms with Crippen molar-refractivity contribution in [3.8, 4) is 0 Å². The number of carbonyl (C=O) groups is 1. The van der Waals surface area contributed by atoms with E-state index >= 15 is 0 Å². The summed E-state index contributed by atoms with van der Waals surface area (Å²) in [7, 11) is 0. The van der Waals surface area contributed by atoms with Crippen LogP contribution in [0.2, 0.25) is 0 Å². The van der Waals surface area contributed by atoms with Crippen molar-refractivity contribution in [2.45, 2.75) is 79.7 Å². The number of rotatable bonds is 3. The molecule has 1 unspecified atom stereocenters. The Labute approximate surface area is 187 Å². The van der Waals surface area contributed by atoms with Crippen molar-refractivity contribution in [1.82, 2.24) is 10.3 Å². The summed E-state index contributed by atoms with van der Waals surface area (Å²) in [6.45, 7) is 17.2. The summed E-state index contributed by atoms with van der Waals surface area (Å²) in [5.41, 5.74) is 3.33. The first-order valence-electron chi connectivity index (χ1n) is 12.1. The molecule has 0 aromatic heterocycles. The van der Waals surface area contributed by atoms with E-state index in [1.54, 1.807) is 5.01 Å². The molecule has 5 rings (SSSR count). The molecule has 1 heterocycles. The van der Waals surface area contributed by atoms with Gasteiger partial charge in [-0.2, -0.15) is 5.10 Å². The van der Waals surface area contributed by atoms with Gasteiger partial charge in [0.15, 0.2) is 0 Å². The molecule has 3 saturated carbocycles. The zero-order chi connectivity index (χ0) is 22.4. The van der Waals surface area contributed by atoms with Crippen molar-refractivity contribution in [3.05, 3.63) is 35.9 Å². The largest absolute Gasteiger partial charge is 0.338 e. The number of nitrogens with zero attached hydrogens (tertiary/aromatic N) is 2. The highest BCUT2D eigenvalue weighted by Crippen LogP contribution is 2.70. The van der Waals surface area contributed by atoms with Crippen LogP contribution >= 0.6 is 0 Å². The molecular weight excluding hydrogens is 382 g/mol. The molecule has 4 heteroatoms. The maximum atomic E-state index is 13.4. The van der Waals surface area contributed by atoms with Crippen LogP contribution in [0, 0.1) is 33.5 Å². The second-order valence-electron chi connectivity index (χ2n) is 12.6. The number of urea groups is 1. The zero-order valence-electron chi connectivity index (χ0n) is 20.3. The highest BCUT2D eigenvalue weighted by Gasteiger charge is 2.68. The van der Waals surface area contributed by atoms with Crippen molar-refractivity contribution in [1.29, 1.82) is 0 Å². The van der Waals surface area contributed by atoms with Crippen LogP contribution in [0.15, 0.2) is 35.4 Å². The Morgan fingerprint density at radius 1 is 1.00 bits per heavy atom. The smallest absolute Gasteiger partial charge is 0.333 e. The summed E-state index contributed by atoms with van der Waals surface area (Å²) in [6.07, 6.45) is 3.61. The monoisotopic (exact) mass is 421 g/mol. The molecule has 4 atom stereocenters. The third-order valence-corrected chi connectivity index (χ3v) is 10.8. The van der Waals surface area contributed by atoms with Gasteiger partial charge in [0.1, 0.15) is 0 Å². The number of hydrogen-bond donors (Lipinski definition) is 1. The molecule has 3 fully saturated rings. The molecule has 1 aliphatic heterocycles. The van der Waals surface area contributed by atoms with Gasteiger partial charge in [-0.15, -0.1) is 0 Å². The van der Waals surface area contributed by atoms with Gasteiger partial charge in [0, 0.05) is 17.9 Å². The summed E-state index contributed by atoms with van der Waals surface area (Å²) >= 11 is 0. The molecule has 4 aliphatic rings. The summed E-state index contributed by atoms with van der Waals surface area (Å²) < 4.78 is 0. The first-order valence-corrected chi connectivity index (χ1v) is 12.1. The van der Waals surface area contributed by atoms with Crippen molar-refractivity contribution < 1.29 is 4.79 Å². The lowest BCUT2D eigenvalue weighted by Gasteiger charge is -2.39. The third kappa shape index (κ3) is 2.72. The minimum Gasteiger partial charge on any atom is -0.333 e. The second kappa shape index (κ2) is 6.36. The molecule has 3 aliphatic carbocycles. The lowest BCUT2D eigenvalue weighted by Crippen LogP contribution is -2.50. The fraction of sp³-hybridized carbons (Fsp3) is 0.704. The van der Waals surface area contributed by atoms with Crippen LogP contribution in [-0.2, 0) is 0 Å². The highest BCUT2D eigenvalue weighted by atomic mass is 16.2. The van der Waals surface area contributed by atoms with Gasteiger partial charge in [0.05, 0.1) is 12.3 Å². The minimum absolute atomic E-state index is 0.0123. The maximum absolute atomic E-state index is 13.4. The van der Waals surface area contributed by atoms with Gasteiger partial charge in [-0.25, -0.2) is 9.80 Å². The molecule has 0 spiro atoms. The van der Waals surface area contributed by atoms with E-state index in [4.69, 9.17) is 5.10 Å². The van der Waals surface area contributed by atoms with Crippen LogP contribution in [0.3, 0.4) is 0 Å². The van der Waals surface area contributed by atoms with Gasteiger partial charge in [-0.05, 0) is 52.4 Å². The van der Waals surface area contributed by atoms with E-state index in [9.17, 15) is 4.79 Å². The molecule has 168 valence electrons. The number of hydrazone groups is 1. The van der Waals surface area contributed by atoms with Crippen molar-refractivity contribution >= 4 is 11.7 Å². The van der Waals surface area contributed by atoms with Crippen molar-refractivity contribution in [3.63, 3.8) is 0 Å². The average Bonchev–Trinajstić information content (AvgIpc) is 3.07. The molecule has 0 saturated heterocycles. The standard InChI is InChI=1S/C27H39N3O/c1-24(2)18-13-14-27(24,7)20(15-18)28-23(31)30-16-19(17-11-9-8-10-12-17)21(29-30)22-25(3,4)26(22,5)6/h8-12,18-20,22H,13-16H2,1-7H3,(H,28,31)/t18-,19?,20-,27-/m0/s1. The quantitative estimate of drug-likeness (QED) is 0.634. The van der Waals surface area contributed by atoms with Crippen LogP contribution in [0.5, 0.6) is 0 Å². The maximum Gasteiger partial charge on any atom is 0.338 e. The average molecular weight is 422 g/mol. The predicted octanol–water partition coefficient (Wildman–Crippen LogP) is 6.05. The third-order valence-electron chi connectivity index (χ3n) is 10.8. The molecule has 31 heavy (non-hydrogen) atoms. The van der Waals surface area contributed by atoms with E-state index in [0.29, 0.717) is 23.8 Å². The van der Waals surface area contributed by atoms with Crippen LogP contribution in [0.25, 0.3) is 0 Å². The van der Waals surface area contributed by atoms with E-state index in [1.807, 2.05) is 0 Å². The van der Waals surface area contributed by atoms with Gasteiger partial charge >= 0.3 is 6.03 Å². The van der Waals surface area contributed by atoms with E-state index in [-0.39, 0.29) is 34.2 Å². The highest BCUT2D eigenvalue weighted by molar-refractivity contribution is 5.99. The van der Waals surface area contributed by atoms with Crippen LogP contribution in [-0.4, -0.2) is 29.3 Å². The Morgan fingerprint density at radius 3 is 2.16 bits per heavy atom. The Hall–Kier alpha value is -1.84. The summed E-state index contributed by atoms with van der Waals surface area (Å²) in [4.78, 5) is 13.4. The lowest BCUT2D eigenvalue weighted by atomic mass is 9.69. The van der Waals surface area contributed by atoms with Crippen LogP contribution in [0.4, 0.5) is 4.79 Å². The van der Waals surface area contributed by atoms with E-state index in [2.05, 4.69) is 84.1 Å². The number of fused-ring (bicyclic) bond motifs is 2. The molecule has 1 aromatic carbocycles. The predicted molar refractivity (Wildman–Crippen MR) is 126 cm³/mol. The number of benzene rings is 1. The lowest BCUT2D eigenvalue weighted by molar-refractivity contribution is 0.118. The number of amides is 2. The number of hydrogen-bond acceptors (Lipinski definition) is 2. The minimum atomic E-state index is -0.0123. The number of carbonyl (C=O) groups excluding carboxylic acids is 1. The fourth-order valence-corrected chi connectivity index (χ4v) is 7.45. The first-order chi connectivity index (χ1) is 14.4. The topological polar surface area (TPSA) is 44.7 Å². The molecule has 0 radical (unpaired) electrons. The van der Waals surface area contributed by atoms with Gasteiger partial charge < -0.3 is 5.32 Å². The Bertz CT molecular complexity index is 917. The Balaban J connectivity index is 1.40. The second-order valence-corrected chi connectivity index (χ2v) is 12.6. The molecular formula is C27H39N3O. The van der Waals surface area contributed by atoms with E-state index < -0.39 is 0 Å². The van der Waals surface area contributed by atoms with Crippen molar-refractivity contribution in [2.75, 3.05) is 6.54 Å². The Morgan fingerprint density at radius 2 is 1.65 bits per heavy atom. The molecule has 1 aromatic rings. The van der Waals surface area contributed by atoms with Crippen molar-refractivity contribution in [2.24, 2.45) is 38.6 Å². The SMILES string of the molecule is CC1(C)C(C2=NN(C(=O)N[C@H]3C[C@@H]4CC[C@]3(C)C4(C)C)CC2c2ccccc2)C1(C)C. The van der Waals surface area contributed by atoms with Gasteiger partial charge in [0.2, 0.25) is 0 Å². The molecule has 2 bridgehead atoms. The van der Waals surface area contributed by atoms with Gasteiger partial charge in [0.25, 0.3) is 0 Å². The summed E-state index contributed by atoms with van der Waals surface area (Å²) in [5.74, 6) is 1.30. The first kappa shape index (κ1) is 21.0. The van der Waals surface area contributed by atoms with Crippen LogP contribution in [0.1, 0.15) is 79.2 Å². The zero-order valence-corrected chi connectivity index (χ0v) is 20.3. The summed E-state index contributed by atoms with van der Waals surface area (Å²) in [6, 6.07) is 10.8. The normalized spacial score (nSPS) is 37.1. The number of nitrogens with one attached hydrogen (secondary N) is 1. The van der Waals surface area contributed by atoms with E-state index in [0.717, 1.165) is 6.42 Å². The van der Waals surface area contributed by atoms with Gasteiger partial charge in [-0.3, -0.25) is 0 Å².